The van der Waals surface area contributed by atoms with Gasteiger partial charge in [0.1, 0.15) is 0 Å². The second-order valence-electron chi connectivity index (χ2n) is 4.21. The molecule has 1 amide bonds. The topological polar surface area (TPSA) is 46.6 Å². The van der Waals surface area contributed by atoms with E-state index >= 15 is 0 Å². The van der Waals surface area contributed by atoms with E-state index in [9.17, 15) is 9.59 Å². The summed E-state index contributed by atoms with van der Waals surface area (Å²) in [5, 5.41) is 0. The number of carbonyl (C=O) groups is 2. The summed E-state index contributed by atoms with van der Waals surface area (Å²) in [6.07, 6.45) is 3.23. The van der Waals surface area contributed by atoms with Gasteiger partial charge in [-0.05, 0) is 19.8 Å². The van der Waals surface area contributed by atoms with Crippen LogP contribution in [0.4, 0.5) is 0 Å². The molecule has 1 aliphatic heterocycles. The van der Waals surface area contributed by atoms with Crippen molar-refractivity contribution in [3.05, 3.63) is 12.7 Å². The molecule has 0 saturated carbocycles. The van der Waals surface area contributed by atoms with Gasteiger partial charge in [-0.1, -0.05) is 6.08 Å². The molecule has 1 aliphatic rings. The van der Waals surface area contributed by atoms with Crippen molar-refractivity contribution in [1.29, 1.82) is 0 Å². The average Bonchev–Trinajstić information content (AvgIpc) is 2.39. The van der Waals surface area contributed by atoms with Gasteiger partial charge >= 0.3 is 5.97 Å². The lowest BCUT2D eigenvalue weighted by Crippen LogP contribution is -2.41. The first-order chi connectivity index (χ1) is 8.69. The molecule has 1 rings (SSSR count). The molecule has 0 bridgehead atoms. The number of esters is 1. The summed E-state index contributed by atoms with van der Waals surface area (Å²) < 4.78 is 5.00. The Balaban J connectivity index is 2.28. The van der Waals surface area contributed by atoms with Crippen molar-refractivity contribution in [2.75, 3.05) is 31.2 Å². The molecule has 1 saturated heterocycles. The number of amides is 1. The number of piperidine rings is 1. The average molecular weight is 271 g/mol. The van der Waals surface area contributed by atoms with E-state index in [4.69, 9.17) is 4.74 Å². The molecule has 0 unspecified atom stereocenters. The van der Waals surface area contributed by atoms with Gasteiger partial charge in [0.15, 0.2) is 0 Å². The van der Waals surface area contributed by atoms with Crippen LogP contribution in [-0.4, -0.2) is 48.0 Å². The molecule has 0 radical (unpaired) electrons. The van der Waals surface area contributed by atoms with Crippen molar-refractivity contribution < 1.29 is 14.3 Å². The zero-order valence-corrected chi connectivity index (χ0v) is 11.7. The highest BCUT2D eigenvalue weighted by Crippen LogP contribution is 2.19. The predicted molar refractivity (Wildman–Crippen MR) is 73.5 cm³/mol. The number of hydrogen-bond acceptors (Lipinski definition) is 4. The standard InChI is InChI=1S/C13H21NO3S/c1-3-9-18-10-12(15)14-7-5-11(6-8-14)13(16)17-4-2/h3,11H,1,4-10H2,2H3. The summed E-state index contributed by atoms with van der Waals surface area (Å²) in [6.45, 7) is 7.19. The maximum Gasteiger partial charge on any atom is 0.309 e. The van der Waals surface area contributed by atoms with Gasteiger partial charge in [0, 0.05) is 18.8 Å². The molecule has 1 heterocycles. The Morgan fingerprint density at radius 1 is 1.44 bits per heavy atom. The first-order valence-electron chi connectivity index (χ1n) is 6.32. The first kappa shape index (κ1) is 15.1. The summed E-state index contributed by atoms with van der Waals surface area (Å²) in [6, 6.07) is 0. The molecule has 5 heteroatoms. The molecule has 4 nitrogen and oxygen atoms in total. The van der Waals surface area contributed by atoms with Crippen molar-refractivity contribution in [3.63, 3.8) is 0 Å². The summed E-state index contributed by atoms with van der Waals surface area (Å²) >= 11 is 1.57. The molecule has 0 aromatic rings. The lowest BCUT2D eigenvalue weighted by atomic mass is 9.97. The lowest BCUT2D eigenvalue weighted by Gasteiger charge is -2.30. The third-order valence-electron chi connectivity index (χ3n) is 2.93. The molecule has 18 heavy (non-hydrogen) atoms. The third kappa shape index (κ3) is 4.72. The quantitative estimate of drug-likeness (QED) is 0.419. The summed E-state index contributed by atoms with van der Waals surface area (Å²) in [5.74, 6) is 1.30. The maximum absolute atomic E-state index is 11.8. The molecule has 0 aliphatic carbocycles. The van der Waals surface area contributed by atoms with Crippen LogP contribution in [0.25, 0.3) is 0 Å². The van der Waals surface area contributed by atoms with Crippen LogP contribution in [0.15, 0.2) is 12.7 Å². The van der Waals surface area contributed by atoms with Crippen LogP contribution in [0.3, 0.4) is 0 Å². The van der Waals surface area contributed by atoms with E-state index in [0.717, 1.165) is 18.6 Å². The Morgan fingerprint density at radius 3 is 2.67 bits per heavy atom. The Labute approximate surface area is 113 Å². The van der Waals surface area contributed by atoms with E-state index in [-0.39, 0.29) is 17.8 Å². The number of nitrogens with zero attached hydrogens (tertiary/aromatic N) is 1. The fourth-order valence-corrected chi connectivity index (χ4v) is 2.59. The zero-order valence-electron chi connectivity index (χ0n) is 10.9. The van der Waals surface area contributed by atoms with Gasteiger partial charge in [0.2, 0.25) is 5.91 Å². The van der Waals surface area contributed by atoms with Gasteiger partial charge in [0.05, 0.1) is 18.3 Å². The Bertz CT molecular complexity index is 299. The van der Waals surface area contributed by atoms with Crippen molar-refractivity contribution in [3.8, 4) is 0 Å². The van der Waals surface area contributed by atoms with Crippen LogP contribution >= 0.6 is 11.8 Å². The molecule has 0 aromatic carbocycles. The van der Waals surface area contributed by atoms with Crippen LogP contribution < -0.4 is 0 Å². The van der Waals surface area contributed by atoms with Gasteiger partial charge in [-0.2, -0.15) is 0 Å². The molecule has 0 aromatic heterocycles. The second kappa shape index (κ2) is 8.19. The van der Waals surface area contributed by atoms with Crippen molar-refractivity contribution in [2.45, 2.75) is 19.8 Å². The van der Waals surface area contributed by atoms with E-state index < -0.39 is 0 Å². The Hall–Kier alpha value is -0.970. The Morgan fingerprint density at radius 2 is 2.11 bits per heavy atom. The minimum Gasteiger partial charge on any atom is -0.466 e. The SMILES string of the molecule is C=CCSCC(=O)N1CCC(C(=O)OCC)CC1. The maximum atomic E-state index is 11.8. The van der Waals surface area contributed by atoms with Crippen LogP contribution in [0.2, 0.25) is 0 Å². The van der Waals surface area contributed by atoms with E-state index in [2.05, 4.69) is 6.58 Å². The van der Waals surface area contributed by atoms with Gasteiger partial charge in [-0.3, -0.25) is 9.59 Å². The molecule has 0 N–H and O–H groups in total. The highest BCUT2D eigenvalue weighted by Gasteiger charge is 2.27. The number of rotatable bonds is 6. The minimum atomic E-state index is -0.120. The van der Waals surface area contributed by atoms with E-state index in [0.29, 0.717) is 25.4 Å². The zero-order chi connectivity index (χ0) is 13.4. The largest absolute Gasteiger partial charge is 0.466 e. The number of hydrogen-bond donors (Lipinski definition) is 0. The van der Waals surface area contributed by atoms with Gasteiger partial charge < -0.3 is 9.64 Å². The summed E-state index contributed by atoms with van der Waals surface area (Å²) in [7, 11) is 0. The fourth-order valence-electron chi connectivity index (χ4n) is 1.95. The molecule has 102 valence electrons. The molecular weight excluding hydrogens is 250 g/mol. The van der Waals surface area contributed by atoms with Gasteiger partial charge in [-0.25, -0.2) is 0 Å². The second-order valence-corrected chi connectivity index (χ2v) is 5.24. The van der Waals surface area contributed by atoms with Crippen molar-refractivity contribution >= 4 is 23.6 Å². The van der Waals surface area contributed by atoms with Crippen molar-refractivity contribution in [1.82, 2.24) is 4.90 Å². The molecule has 0 atom stereocenters. The smallest absolute Gasteiger partial charge is 0.309 e. The number of thioether (sulfide) groups is 1. The van der Waals surface area contributed by atoms with E-state index in [1.165, 1.54) is 0 Å². The monoisotopic (exact) mass is 271 g/mol. The van der Waals surface area contributed by atoms with Crippen LogP contribution in [0, 0.1) is 5.92 Å². The highest BCUT2D eigenvalue weighted by molar-refractivity contribution is 8.00. The lowest BCUT2D eigenvalue weighted by molar-refractivity contribution is -0.151. The van der Waals surface area contributed by atoms with E-state index in [1.54, 1.807) is 17.8 Å². The van der Waals surface area contributed by atoms with Gasteiger partial charge in [0.25, 0.3) is 0 Å². The van der Waals surface area contributed by atoms with Gasteiger partial charge in [-0.15, -0.1) is 18.3 Å². The fraction of sp³-hybridized carbons (Fsp3) is 0.692. The number of ether oxygens (including phenoxy) is 1. The van der Waals surface area contributed by atoms with Crippen LogP contribution in [0.5, 0.6) is 0 Å². The minimum absolute atomic E-state index is 0.0326. The summed E-state index contributed by atoms with van der Waals surface area (Å²) in [5.41, 5.74) is 0. The Kier molecular flexibility index (Phi) is 6.86. The number of carbonyl (C=O) groups excluding carboxylic acids is 2. The molecular formula is C13H21NO3S. The normalized spacial score (nSPS) is 16.4. The van der Waals surface area contributed by atoms with E-state index in [1.807, 2.05) is 11.8 Å². The first-order valence-corrected chi connectivity index (χ1v) is 7.47. The molecule has 0 spiro atoms. The van der Waals surface area contributed by atoms with Crippen LogP contribution in [-0.2, 0) is 14.3 Å². The highest BCUT2D eigenvalue weighted by atomic mass is 32.2. The molecule has 1 fully saturated rings. The third-order valence-corrected chi connectivity index (χ3v) is 3.85. The predicted octanol–water partition coefficient (Wildman–Crippen LogP) is 1.71. The number of likely N-dealkylation sites (tertiary alicyclic amines) is 1. The summed E-state index contributed by atoms with van der Waals surface area (Å²) in [4.78, 5) is 25.2. The van der Waals surface area contributed by atoms with Crippen LogP contribution in [0.1, 0.15) is 19.8 Å². The van der Waals surface area contributed by atoms with Crippen molar-refractivity contribution in [2.24, 2.45) is 5.92 Å².